The number of carbonyl (C=O) groups is 2. The summed E-state index contributed by atoms with van der Waals surface area (Å²) >= 11 is 0. The highest BCUT2D eigenvalue weighted by Gasteiger charge is 2.46. The number of aromatic amines is 1. The first-order chi connectivity index (χ1) is 13.1. The van der Waals surface area contributed by atoms with Crippen molar-refractivity contribution in [3.8, 4) is 0 Å². The van der Waals surface area contributed by atoms with Crippen LogP contribution in [0.15, 0.2) is 54.6 Å². The third kappa shape index (κ3) is 3.84. The SMILES string of the molecule is C[C@@H](NC(=O)C1CC1c1nc2ccccc2[nH]1)C(=O)OCc1ccccc1. The minimum Gasteiger partial charge on any atom is -0.459 e. The molecule has 0 radical (unpaired) electrons. The largest absolute Gasteiger partial charge is 0.459 e. The molecule has 6 nitrogen and oxygen atoms in total. The lowest BCUT2D eigenvalue weighted by molar-refractivity contribution is -0.148. The highest BCUT2D eigenvalue weighted by molar-refractivity contribution is 5.88. The van der Waals surface area contributed by atoms with E-state index < -0.39 is 12.0 Å². The highest BCUT2D eigenvalue weighted by atomic mass is 16.5. The van der Waals surface area contributed by atoms with Gasteiger partial charge in [-0.2, -0.15) is 0 Å². The number of nitrogens with one attached hydrogen (secondary N) is 2. The van der Waals surface area contributed by atoms with E-state index in [0.717, 1.165) is 28.8 Å². The number of hydrogen-bond acceptors (Lipinski definition) is 4. The van der Waals surface area contributed by atoms with Crippen LogP contribution in [0.5, 0.6) is 0 Å². The maximum Gasteiger partial charge on any atom is 0.328 e. The highest BCUT2D eigenvalue weighted by Crippen LogP contribution is 2.46. The molecule has 0 saturated heterocycles. The molecular formula is C21H21N3O3. The van der Waals surface area contributed by atoms with Crippen LogP contribution in [0.4, 0.5) is 0 Å². The van der Waals surface area contributed by atoms with Crippen LogP contribution in [0.1, 0.15) is 30.7 Å². The molecule has 3 aromatic rings. The fraction of sp³-hybridized carbons (Fsp3) is 0.286. The van der Waals surface area contributed by atoms with Crippen molar-refractivity contribution in [2.75, 3.05) is 0 Å². The predicted octanol–water partition coefficient (Wildman–Crippen LogP) is 2.91. The second-order valence-electron chi connectivity index (χ2n) is 6.91. The topological polar surface area (TPSA) is 84.1 Å². The maximum atomic E-state index is 12.4. The molecule has 1 aliphatic rings. The molecule has 0 aliphatic heterocycles. The van der Waals surface area contributed by atoms with E-state index in [9.17, 15) is 9.59 Å². The number of esters is 1. The second-order valence-corrected chi connectivity index (χ2v) is 6.91. The Morgan fingerprint density at radius 3 is 2.70 bits per heavy atom. The van der Waals surface area contributed by atoms with E-state index in [1.165, 1.54) is 0 Å². The van der Waals surface area contributed by atoms with Crippen LogP contribution in [-0.4, -0.2) is 27.9 Å². The fourth-order valence-corrected chi connectivity index (χ4v) is 3.17. The number of benzene rings is 2. The van der Waals surface area contributed by atoms with Crippen molar-refractivity contribution in [2.45, 2.75) is 31.9 Å². The third-order valence-electron chi connectivity index (χ3n) is 4.82. The maximum absolute atomic E-state index is 12.4. The molecular weight excluding hydrogens is 342 g/mol. The van der Waals surface area contributed by atoms with E-state index in [-0.39, 0.29) is 24.3 Å². The Hall–Kier alpha value is -3.15. The molecule has 2 aromatic carbocycles. The van der Waals surface area contributed by atoms with Crippen LogP contribution in [0.2, 0.25) is 0 Å². The summed E-state index contributed by atoms with van der Waals surface area (Å²) in [5.74, 6) is 0.174. The van der Waals surface area contributed by atoms with E-state index >= 15 is 0 Å². The molecule has 1 saturated carbocycles. The molecule has 1 aromatic heterocycles. The second kappa shape index (κ2) is 7.23. The van der Waals surface area contributed by atoms with Crippen molar-refractivity contribution >= 4 is 22.9 Å². The smallest absolute Gasteiger partial charge is 0.328 e. The number of rotatable bonds is 6. The van der Waals surface area contributed by atoms with Gasteiger partial charge in [0.05, 0.1) is 11.0 Å². The van der Waals surface area contributed by atoms with Gasteiger partial charge in [-0.3, -0.25) is 4.79 Å². The predicted molar refractivity (Wildman–Crippen MR) is 101 cm³/mol. The Balaban J connectivity index is 1.29. The molecule has 1 aliphatic carbocycles. The minimum atomic E-state index is -0.682. The number of H-pyrrole nitrogens is 1. The lowest BCUT2D eigenvalue weighted by atomic mass is 10.2. The Kier molecular flexibility index (Phi) is 4.62. The van der Waals surface area contributed by atoms with Gasteiger partial charge in [0.15, 0.2) is 0 Å². The molecule has 2 N–H and O–H groups in total. The summed E-state index contributed by atoms with van der Waals surface area (Å²) in [7, 11) is 0. The van der Waals surface area contributed by atoms with E-state index in [1.54, 1.807) is 6.92 Å². The average Bonchev–Trinajstić information content (AvgIpc) is 3.38. The van der Waals surface area contributed by atoms with Gasteiger partial charge in [0.25, 0.3) is 0 Å². The van der Waals surface area contributed by atoms with Crippen LogP contribution in [-0.2, 0) is 20.9 Å². The molecule has 1 heterocycles. The first-order valence-corrected chi connectivity index (χ1v) is 9.07. The Bertz CT molecular complexity index is 934. The Morgan fingerprint density at radius 2 is 1.93 bits per heavy atom. The molecule has 0 spiro atoms. The van der Waals surface area contributed by atoms with Crippen LogP contribution < -0.4 is 5.32 Å². The quantitative estimate of drug-likeness (QED) is 0.660. The van der Waals surface area contributed by atoms with E-state index in [2.05, 4.69) is 15.3 Å². The number of ether oxygens (including phenoxy) is 1. The molecule has 1 amide bonds. The lowest BCUT2D eigenvalue weighted by Crippen LogP contribution is -2.40. The van der Waals surface area contributed by atoms with Gasteiger partial charge < -0.3 is 15.0 Å². The van der Waals surface area contributed by atoms with Gasteiger partial charge in [-0.1, -0.05) is 42.5 Å². The molecule has 2 unspecified atom stereocenters. The zero-order valence-electron chi connectivity index (χ0n) is 15.0. The first-order valence-electron chi connectivity index (χ1n) is 9.07. The first kappa shape index (κ1) is 17.3. The number of nitrogens with zero attached hydrogens (tertiary/aromatic N) is 1. The van der Waals surface area contributed by atoms with Crippen LogP contribution in [0, 0.1) is 5.92 Å². The van der Waals surface area contributed by atoms with Crippen molar-refractivity contribution in [1.29, 1.82) is 0 Å². The summed E-state index contributed by atoms with van der Waals surface area (Å²) in [5, 5.41) is 2.76. The van der Waals surface area contributed by atoms with Gasteiger partial charge >= 0.3 is 5.97 Å². The normalized spacial score (nSPS) is 19.4. The molecule has 1 fully saturated rings. The monoisotopic (exact) mass is 363 g/mol. The zero-order valence-corrected chi connectivity index (χ0v) is 15.0. The number of para-hydroxylation sites is 2. The van der Waals surface area contributed by atoms with Crippen molar-refractivity contribution in [3.63, 3.8) is 0 Å². The summed E-state index contributed by atoms with van der Waals surface area (Å²) in [6.07, 6.45) is 0.734. The number of amides is 1. The van der Waals surface area contributed by atoms with E-state index in [4.69, 9.17) is 4.74 Å². The number of imidazole rings is 1. The summed E-state index contributed by atoms with van der Waals surface area (Å²) in [4.78, 5) is 32.4. The molecule has 6 heteroatoms. The minimum absolute atomic E-state index is 0.0740. The zero-order chi connectivity index (χ0) is 18.8. The molecule has 138 valence electrons. The lowest BCUT2D eigenvalue weighted by Gasteiger charge is -2.13. The van der Waals surface area contributed by atoms with Crippen molar-refractivity contribution in [2.24, 2.45) is 5.92 Å². The van der Waals surface area contributed by atoms with Crippen molar-refractivity contribution in [3.05, 3.63) is 66.0 Å². The van der Waals surface area contributed by atoms with Crippen molar-refractivity contribution < 1.29 is 14.3 Å². The summed E-state index contributed by atoms with van der Waals surface area (Å²) < 4.78 is 5.27. The van der Waals surface area contributed by atoms with Gasteiger partial charge in [0.2, 0.25) is 5.91 Å². The van der Waals surface area contributed by atoms with Gasteiger partial charge in [-0.25, -0.2) is 9.78 Å². The molecule has 4 rings (SSSR count). The Labute approximate surface area is 156 Å². The van der Waals surface area contributed by atoms with Gasteiger partial charge in [-0.15, -0.1) is 0 Å². The molecule has 27 heavy (non-hydrogen) atoms. The molecule has 3 atom stereocenters. The van der Waals surface area contributed by atoms with E-state index in [1.807, 2.05) is 54.6 Å². The number of carbonyl (C=O) groups excluding carboxylic acids is 2. The standard InChI is InChI=1S/C21H21N3O3/c1-13(21(26)27-12-14-7-3-2-4-8-14)22-20(25)16-11-15(16)19-23-17-9-5-6-10-18(17)24-19/h2-10,13,15-16H,11-12H2,1H3,(H,22,25)(H,23,24)/t13-,15?,16?/m1/s1. The summed E-state index contributed by atoms with van der Waals surface area (Å²) in [6, 6.07) is 16.6. The Morgan fingerprint density at radius 1 is 1.19 bits per heavy atom. The fourth-order valence-electron chi connectivity index (χ4n) is 3.17. The number of fused-ring (bicyclic) bond motifs is 1. The van der Waals surface area contributed by atoms with Gasteiger partial charge in [0, 0.05) is 11.8 Å². The van der Waals surface area contributed by atoms with Gasteiger partial charge in [0.1, 0.15) is 18.5 Å². The summed E-state index contributed by atoms with van der Waals surface area (Å²) in [6.45, 7) is 1.84. The van der Waals surface area contributed by atoms with Crippen molar-refractivity contribution in [1.82, 2.24) is 15.3 Å². The van der Waals surface area contributed by atoms with Crippen LogP contribution in [0.3, 0.4) is 0 Å². The average molecular weight is 363 g/mol. The summed E-state index contributed by atoms with van der Waals surface area (Å²) in [5.41, 5.74) is 2.78. The third-order valence-corrected chi connectivity index (χ3v) is 4.82. The van der Waals surface area contributed by atoms with Gasteiger partial charge in [-0.05, 0) is 31.0 Å². The number of hydrogen-bond donors (Lipinski definition) is 2. The van der Waals surface area contributed by atoms with Crippen LogP contribution in [0.25, 0.3) is 11.0 Å². The van der Waals surface area contributed by atoms with E-state index in [0.29, 0.717) is 0 Å². The molecule has 0 bridgehead atoms. The van der Waals surface area contributed by atoms with Crippen LogP contribution >= 0.6 is 0 Å². The number of aromatic nitrogens is 2.